The molecule has 29 heavy (non-hydrogen) atoms. The highest BCUT2D eigenvalue weighted by Gasteiger charge is 2.35. The molecule has 1 saturated heterocycles. The highest BCUT2D eigenvalue weighted by Crippen LogP contribution is 2.25. The highest BCUT2D eigenvalue weighted by atomic mass is 35.5. The van der Waals surface area contributed by atoms with Crippen LogP contribution < -0.4 is 0 Å². The summed E-state index contributed by atoms with van der Waals surface area (Å²) in [5.74, 6) is -0.189. The molecule has 1 fully saturated rings. The number of piperazine rings is 1. The van der Waals surface area contributed by atoms with Crippen molar-refractivity contribution >= 4 is 27.5 Å². The molecule has 1 aliphatic heterocycles. The summed E-state index contributed by atoms with van der Waals surface area (Å²) in [6, 6.07) is 9.44. The molecule has 0 unspecified atom stereocenters. The molecule has 0 spiro atoms. The van der Waals surface area contributed by atoms with Gasteiger partial charge in [-0.25, -0.2) is 13.4 Å². The maximum Gasteiger partial charge on any atom is 0.256 e. The SMILES string of the molecule is Cc1cc(C#N)ccc1S(=O)(=O)N1CCN(C(=O)c2ccc(Cl)nc2C)[C@@H](C)C1. The van der Waals surface area contributed by atoms with E-state index in [1.807, 2.05) is 13.0 Å². The van der Waals surface area contributed by atoms with Crippen LogP contribution in [0.2, 0.25) is 5.15 Å². The summed E-state index contributed by atoms with van der Waals surface area (Å²) in [4.78, 5) is 18.9. The number of benzene rings is 1. The van der Waals surface area contributed by atoms with Crippen LogP contribution >= 0.6 is 11.6 Å². The van der Waals surface area contributed by atoms with Crippen LogP contribution in [0.5, 0.6) is 0 Å². The number of carbonyl (C=O) groups excluding carboxylic acids is 1. The molecular weight excluding hydrogens is 412 g/mol. The first-order valence-corrected chi connectivity index (χ1v) is 10.9. The lowest BCUT2D eigenvalue weighted by Gasteiger charge is -2.39. The van der Waals surface area contributed by atoms with Crippen LogP contribution in [-0.4, -0.2) is 54.2 Å². The van der Waals surface area contributed by atoms with Gasteiger partial charge < -0.3 is 4.90 Å². The minimum Gasteiger partial charge on any atom is -0.333 e. The second kappa shape index (κ2) is 8.11. The molecule has 0 aliphatic carbocycles. The van der Waals surface area contributed by atoms with E-state index in [4.69, 9.17) is 16.9 Å². The fourth-order valence-electron chi connectivity index (χ4n) is 3.50. The normalized spacial score (nSPS) is 17.8. The maximum atomic E-state index is 13.1. The Balaban J connectivity index is 1.80. The van der Waals surface area contributed by atoms with E-state index in [9.17, 15) is 13.2 Å². The van der Waals surface area contributed by atoms with Crippen LogP contribution in [0.25, 0.3) is 0 Å². The molecule has 1 aromatic carbocycles. The molecule has 7 nitrogen and oxygen atoms in total. The third-order valence-corrected chi connectivity index (χ3v) is 7.29. The predicted molar refractivity (Wildman–Crippen MR) is 109 cm³/mol. The van der Waals surface area contributed by atoms with E-state index in [1.54, 1.807) is 36.9 Å². The van der Waals surface area contributed by atoms with Gasteiger partial charge in [-0.2, -0.15) is 9.57 Å². The van der Waals surface area contributed by atoms with E-state index in [0.717, 1.165) is 0 Å². The van der Waals surface area contributed by atoms with Gasteiger partial charge in [0, 0.05) is 25.7 Å². The molecule has 0 bridgehead atoms. The monoisotopic (exact) mass is 432 g/mol. The largest absolute Gasteiger partial charge is 0.333 e. The molecule has 3 rings (SSSR count). The molecule has 0 N–H and O–H groups in total. The first-order chi connectivity index (χ1) is 13.6. The van der Waals surface area contributed by atoms with Crippen molar-refractivity contribution in [1.82, 2.24) is 14.2 Å². The van der Waals surface area contributed by atoms with E-state index in [-0.39, 0.29) is 36.5 Å². The molecule has 1 amide bonds. The van der Waals surface area contributed by atoms with Gasteiger partial charge >= 0.3 is 0 Å². The van der Waals surface area contributed by atoms with Crippen LogP contribution in [0, 0.1) is 25.2 Å². The average Bonchev–Trinajstić information content (AvgIpc) is 2.67. The number of amides is 1. The number of nitriles is 1. The van der Waals surface area contributed by atoms with E-state index < -0.39 is 10.0 Å². The lowest BCUT2D eigenvalue weighted by atomic mass is 10.1. The minimum absolute atomic E-state index is 0.182. The third kappa shape index (κ3) is 4.13. The summed E-state index contributed by atoms with van der Waals surface area (Å²) in [5.41, 5.74) is 1.94. The maximum absolute atomic E-state index is 13.1. The minimum atomic E-state index is -3.72. The number of aromatic nitrogens is 1. The second-order valence-electron chi connectivity index (χ2n) is 7.07. The molecule has 0 saturated carbocycles. The number of halogens is 1. The first kappa shape index (κ1) is 21.2. The van der Waals surface area contributed by atoms with Gasteiger partial charge in [0.15, 0.2) is 0 Å². The number of hydrogen-bond donors (Lipinski definition) is 0. The van der Waals surface area contributed by atoms with Gasteiger partial charge in [-0.05, 0) is 56.7 Å². The van der Waals surface area contributed by atoms with E-state index in [1.165, 1.54) is 16.4 Å². The molecule has 2 aromatic rings. The van der Waals surface area contributed by atoms with Crippen molar-refractivity contribution in [2.75, 3.05) is 19.6 Å². The molecule has 152 valence electrons. The second-order valence-corrected chi connectivity index (χ2v) is 9.36. The van der Waals surface area contributed by atoms with Crippen molar-refractivity contribution in [2.45, 2.75) is 31.7 Å². The number of pyridine rings is 1. The van der Waals surface area contributed by atoms with Crippen LogP contribution in [0.1, 0.15) is 34.1 Å². The first-order valence-electron chi connectivity index (χ1n) is 9.10. The zero-order chi connectivity index (χ0) is 21.3. The lowest BCUT2D eigenvalue weighted by molar-refractivity contribution is 0.0590. The zero-order valence-corrected chi connectivity index (χ0v) is 18.0. The van der Waals surface area contributed by atoms with Crippen molar-refractivity contribution in [3.8, 4) is 6.07 Å². The average molecular weight is 433 g/mol. The third-order valence-electron chi connectivity index (χ3n) is 5.06. The number of carbonyl (C=O) groups is 1. The Hall–Kier alpha value is -2.47. The summed E-state index contributed by atoms with van der Waals surface area (Å²) in [7, 11) is -3.72. The lowest BCUT2D eigenvalue weighted by Crippen LogP contribution is -2.55. The number of hydrogen-bond acceptors (Lipinski definition) is 5. The van der Waals surface area contributed by atoms with E-state index in [2.05, 4.69) is 4.98 Å². The fraction of sp³-hybridized carbons (Fsp3) is 0.350. The van der Waals surface area contributed by atoms with E-state index in [0.29, 0.717) is 27.5 Å². The fourth-order valence-corrected chi connectivity index (χ4v) is 5.41. The summed E-state index contributed by atoms with van der Waals surface area (Å²) in [6.45, 7) is 5.87. The Labute approximate surface area is 175 Å². The Kier molecular flexibility index (Phi) is 5.94. The summed E-state index contributed by atoms with van der Waals surface area (Å²) in [6.07, 6.45) is 0. The Morgan fingerprint density at radius 2 is 1.97 bits per heavy atom. The highest BCUT2D eigenvalue weighted by molar-refractivity contribution is 7.89. The van der Waals surface area contributed by atoms with Crippen molar-refractivity contribution in [3.63, 3.8) is 0 Å². The number of sulfonamides is 1. The molecule has 1 atom stereocenters. The Morgan fingerprint density at radius 1 is 1.24 bits per heavy atom. The standard InChI is InChI=1S/C20H21ClN4O3S/c1-13-10-16(11-22)4-6-18(13)29(27,28)24-8-9-25(14(2)12-24)20(26)17-5-7-19(21)23-15(17)3/h4-7,10,14H,8-9,12H2,1-3H3/t14-/m0/s1. The van der Waals surface area contributed by atoms with Gasteiger partial charge in [0.2, 0.25) is 10.0 Å². The summed E-state index contributed by atoms with van der Waals surface area (Å²) >= 11 is 5.87. The molecule has 1 aliphatic rings. The quantitative estimate of drug-likeness (QED) is 0.695. The van der Waals surface area contributed by atoms with Gasteiger partial charge in [-0.3, -0.25) is 4.79 Å². The zero-order valence-electron chi connectivity index (χ0n) is 16.4. The Morgan fingerprint density at radius 3 is 2.55 bits per heavy atom. The molecule has 9 heteroatoms. The van der Waals surface area contributed by atoms with Crippen LogP contribution in [0.15, 0.2) is 35.2 Å². The van der Waals surface area contributed by atoms with Crippen molar-refractivity contribution in [1.29, 1.82) is 5.26 Å². The Bertz CT molecular complexity index is 1110. The molecule has 0 radical (unpaired) electrons. The smallest absolute Gasteiger partial charge is 0.256 e. The van der Waals surface area contributed by atoms with Crippen LogP contribution in [-0.2, 0) is 10.0 Å². The van der Waals surface area contributed by atoms with Gasteiger partial charge in [0.1, 0.15) is 5.15 Å². The molecule has 2 heterocycles. The van der Waals surface area contributed by atoms with Gasteiger partial charge in [0.25, 0.3) is 5.91 Å². The van der Waals surface area contributed by atoms with Gasteiger partial charge in [0.05, 0.1) is 27.8 Å². The predicted octanol–water partition coefficient (Wildman–Crippen LogP) is 2.76. The van der Waals surface area contributed by atoms with Crippen molar-refractivity contribution < 1.29 is 13.2 Å². The van der Waals surface area contributed by atoms with Gasteiger partial charge in [-0.15, -0.1) is 0 Å². The van der Waals surface area contributed by atoms with Crippen LogP contribution in [0.3, 0.4) is 0 Å². The number of aryl methyl sites for hydroxylation is 2. The number of rotatable bonds is 3. The topological polar surface area (TPSA) is 94.4 Å². The van der Waals surface area contributed by atoms with Gasteiger partial charge in [-0.1, -0.05) is 11.6 Å². The molecule has 1 aromatic heterocycles. The van der Waals surface area contributed by atoms with Crippen LogP contribution in [0.4, 0.5) is 0 Å². The summed E-state index contributed by atoms with van der Waals surface area (Å²) < 4.78 is 27.6. The van der Waals surface area contributed by atoms with Crippen molar-refractivity contribution in [2.24, 2.45) is 0 Å². The summed E-state index contributed by atoms with van der Waals surface area (Å²) in [5, 5.41) is 9.31. The van der Waals surface area contributed by atoms with E-state index >= 15 is 0 Å². The van der Waals surface area contributed by atoms with Crippen molar-refractivity contribution in [3.05, 3.63) is 57.9 Å². The molecular formula is C20H21ClN4O3S. The number of nitrogens with zero attached hydrogens (tertiary/aromatic N) is 4.